The number of hydrogen-bond acceptors (Lipinski definition) is 3. The van der Waals surface area contributed by atoms with Crippen molar-refractivity contribution in [2.24, 2.45) is 0 Å². The average molecular weight is 349 g/mol. The lowest BCUT2D eigenvalue weighted by molar-refractivity contribution is 0.0709. The maximum absolute atomic E-state index is 14.5. The Hall–Kier alpha value is -2.31. The molecule has 4 nitrogen and oxygen atoms in total. The van der Waals surface area contributed by atoms with E-state index in [-0.39, 0.29) is 37.4 Å². The van der Waals surface area contributed by atoms with Crippen molar-refractivity contribution in [2.75, 3.05) is 26.3 Å². The number of benzene rings is 2. The van der Waals surface area contributed by atoms with Gasteiger partial charge in [0, 0.05) is 30.8 Å². The lowest BCUT2D eigenvalue weighted by Gasteiger charge is -2.21. The lowest BCUT2D eigenvalue weighted by Crippen LogP contribution is -2.34. The molecule has 6 heteroatoms. The third-order valence-electron chi connectivity index (χ3n) is 3.94. The van der Waals surface area contributed by atoms with E-state index in [4.69, 9.17) is 10.2 Å². The summed E-state index contributed by atoms with van der Waals surface area (Å²) in [6.07, 6.45) is 0.376. The van der Waals surface area contributed by atoms with Crippen LogP contribution in [-0.4, -0.2) is 47.3 Å². The molecule has 2 N–H and O–H groups in total. The second kappa shape index (κ2) is 8.69. The monoisotopic (exact) mass is 349 g/mol. The van der Waals surface area contributed by atoms with Crippen molar-refractivity contribution in [3.63, 3.8) is 0 Å². The van der Waals surface area contributed by atoms with E-state index in [1.54, 1.807) is 6.92 Å². The summed E-state index contributed by atoms with van der Waals surface area (Å²) in [6, 6.07) is 8.23. The molecule has 0 aromatic heterocycles. The van der Waals surface area contributed by atoms with Gasteiger partial charge in [-0.3, -0.25) is 4.79 Å². The summed E-state index contributed by atoms with van der Waals surface area (Å²) in [4.78, 5) is 13.8. The molecule has 25 heavy (non-hydrogen) atoms. The minimum atomic E-state index is -0.577. The molecule has 0 heterocycles. The fourth-order valence-corrected chi connectivity index (χ4v) is 2.68. The predicted molar refractivity (Wildman–Crippen MR) is 91.2 cm³/mol. The van der Waals surface area contributed by atoms with Crippen molar-refractivity contribution < 1.29 is 23.8 Å². The van der Waals surface area contributed by atoms with Crippen LogP contribution >= 0.6 is 0 Å². The Morgan fingerprint density at radius 2 is 1.72 bits per heavy atom. The number of hydrogen-bond donors (Lipinski definition) is 2. The molecule has 0 aliphatic heterocycles. The highest BCUT2D eigenvalue weighted by Crippen LogP contribution is 2.27. The van der Waals surface area contributed by atoms with E-state index in [1.165, 1.54) is 35.2 Å². The van der Waals surface area contributed by atoms with E-state index < -0.39 is 17.5 Å². The lowest BCUT2D eigenvalue weighted by atomic mass is 9.98. The molecule has 0 radical (unpaired) electrons. The molecule has 0 fully saturated rings. The zero-order chi connectivity index (χ0) is 18.4. The Balaban J connectivity index is 2.30. The number of rotatable bonds is 7. The topological polar surface area (TPSA) is 60.8 Å². The van der Waals surface area contributed by atoms with E-state index in [0.717, 1.165) is 6.07 Å². The molecule has 0 atom stereocenters. The van der Waals surface area contributed by atoms with Crippen LogP contribution in [0.15, 0.2) is 36.4 Å². The van der Waals surface area contributed by atoms with Crippen LogP contribution in [0.25, 0.3) is 11.1 Å². The van der Waals surface area contributed by atoms with Crippen LogP contribution in [0, 0.1) is 18.6 Å². The molecule has 0 saturated heterocycles. The van der Waals surface area contributed by atoms with Gasteiger partial charge in [-0.1, -0.05) is 12.1 Å². The number of nitrogens with zero attached hydrogens (tertiary/aromatic N) is 1. The first-order valence-electron chi connectivity index (χ1n) is 8.05. The number of carbonyl (C=O) groups is 1. The SMILES string of the molecule is Cc1cc(F)ccc1-c1ccc(C(=O)N(CCO)CCCO)cc1F. The first kappa shape index (κ1) is 19.0. The summed E-state index contributed by atoms with van der Waals surface area (Å²) in [6.45, 7) is 1.78. The normalized spacial score (nSPS) is 10.8. The van der Waals surface area contributed by atoms with Crippen molar-refractivity contribution in [3.8, 4) is 11.1 Å². The van der Waals surface area contributed by atoms with Crippen LogP contribution in [0.5, 0.6) is 0 Å². The highest BCUT2D eigenvalue weighted by Gasteiger charge is 2.17. The molecular formula is C19H21F2NO3. The summed E-state index contributed by atoms with van der Waals surface area (Å²) in [5.74, 6) is -1.38. The highest BCUT2D eigenvalue weighted by atomic mass is 19.1. The molecule has 0 aliphatic carbocycles. The molecule has 1 amide bonds. The molecule has 0 saturated carbocycles. The number of aryl methyl sites for hydroxylation is 1. The first-order chi connectivity index (χ1) is 12.0. The number of aliphatic hydroxyl groups is 2. The number of carbonyl (C=O) groups excluding carboxylic acids is 1. The van der Waals surface area contributed by atoms with Gasteiger partial charge < -0.3 is 15.1 Å². The molecule has 2 aromatic carbocycles. The maximum atomic E-state index is 14.5. The van der Waals surface area contributed by atoms with Gasteiger partial charge in [-0.15, -0.1) is 0 Å². The Kier molecular flexibility index (Phi) is 6.61. The van der Waals surface area contributed by atoms with Crippen molar-refractivity contribution in [1.29, 1.82) is 0 Å². The van der Waals surface area contributed by atoms with Gasteiger partial charge in [-0.05, 0) is 48.7 Å². The van der Waals surface area contributed by atoms with Crippen LogP contribution in [0.2, 0.25) is 0 Å². The molecule has 0 aliphatic rings. The van der Waals surface area contributed by atoms with Gasteiger partial charge in [0.15, 0.2) is 0 Å². The Bertz CT molecular complexity index is 749. The van der Waals surface area contributed by atoms with Gasteiger partial charge in [0.05, 0.1) is 6.61 Å². The minimum Gasteiger partial charge on any atom is -0.396 e. The van der Waals surface area contributed by atoms with Gasteiger partial charge in [0.1, 0.15) is 11.6 Å². The second-order valence-corrected chi connectivity index (χ2v) is 5.75. The number of aliphatic hydroxyl groups excluding tert-OH is 2. The third-order valence-corrected chi connectivity index (χ3v) is 3.94. The summed E-state index contributed by atoms with van der Waals surface area (Å²) in [7, 11) is 0. The quantitative estimate of drug-likeness (QED) is 0.808. The van der Waals surface area contributed by atoms with Crippen molar-refractivity contribution >= 4 is 5.91 Å². The summed E-state index contributed by atoms with van der Waals surface area (Å²) in [5.41, 5.74) is 1.61. The van der Waals surface area contributed by atoms with E-state index >= 15 is 0 Å². The molecule has 2 aromatic rings. The van der Waals surface area contributed by atoms with Gasteiger partial charge in [-0.2, -0.15) is 0 Å². The van der Waals surface area contributed by atoms with Crippen LogP contribution in [0.4, 0.5) is 8.78 Å². The minimum absolute atomic E-state index is 0.0770. The largest absolute Gasteiger partial charge is 0.396 e. The van der Waals surface area contributed by atoms with Crippen molar-refractivity contribution in [1.82, 2.24) is 4.90 Å². The Morgan fingerprint density at radius 1 is 1.00 bits per heavy atom. The summed E-state index contributed by atoms with van der Waals surface area (Å²) in [5, 5.41) is 18.0. The molecule has 2 rings (SSSR count). The van der Waals surface area contributed by atoms with Gasteiger partial charge in [0.2, 0.25) is 0 Å². The van der Waals surface area contributed by atoms with E-state index in [2.05, 4.69) is 0 Å². The highest BCUT2D eigenvalue weighted by molar-refractivity contribution is 5.94. The van der Waals surface area contributed by atoms with Crippen LogP contribution in [0.3, 0.4) is 0 Å². The van der Waals surface area contributed by atoms with E-state index in [0.29, 0.717) is 17.5 Å². The molecule has 0 spiro atoms. The van der Waals surface area contributed by atoms with Crippen molar-refractivity contribution in [2.45, 2.75) is 13.3 Å². The predicted octanol–water partition coefficient (Wildman–Crippen LogP) is 2.76. The fourth-order valence-electron chi connectivity index (χ4n) is 2.68. The molecule has 0 bridgehead atoms. The first-order valence-corrected chi connectivity index (χ1v) is 8.05. The van der Waals surface area contributed by atoms with Crippen LogP contribution in [0.1, 0.15) is 22.3 Å². The number of amides is 1. The second-order valence-electron chi connectivity index (χ2n) is 5.75. The van der Waals surface area contributed by atoms with Gasteiger partial charge in [0.25, 0.3) is 5.91 Å². The van der Waals surface area contributed by atoms with Crippen molar-refractivity contribution in [3.05, 3.63) is 59.2 Å². The zero-order valence-corrected chi connectivity index (χ0v) is 14.0. The summed E-state index contributed by atoms with van der Waals surface area (Å²) >= 11 is 0. The molecule has 0 unspecified atom stereocenters. The summed E-state index contributed by atoms with van der Waals surface area (Å²) < 4.78 is 27.7. The smallest absolute Gasteiger partial charge is 0.254 e. The van der Waals surface area contributed by atoms with E-state index in [1.807, 2.05) is 0 Å². The zero-order valence-electron chi connectivity index (χ0n) is 14.0. The van der Waals surface area contributed by atoms with E-state index in [9.17, 15) is 13.6 Å². The third kappa shape index (κ3) is 4.61. The Labute approximate surface area is 145 Å². The maximum Gasteiger partial charge on any atom is 0.254 e. The number of halogens is 2. The molecular weight excluding hydrogens is 328 g/mol. The van der Waals surface area contributed by atoms with Gasteiger partial charge >= 0.3 is 0 Å². The van der Waals surface area contributed by atoms with Crippen LogP contribution < -0.4 is 0 Å². The Morgan fingerprint density at radius 3 is 2.32 bits per heavy atom. The van der Waals surface area contributed by atoms with Gasteiger partial charge in [-0.25, -0.2) is 8.78 Å². The standard InChI is InChI=1S/C19H21F2NO3/c1-13-11-15(20)4-6-16(13)17-5-3-14(12-18(17)21)19(25)22(8-10-24)7-2-9-23/h3-6,11-12,23-24H,2,7-10H2,1H3. The fraction of sp³-hybridized carbons (Fsp3) is 0.316. The molecule has 134 valence electrons. The van der Waals surface area contributed by atoms with Crippen LogP contribution in [-0.2, 0) is 0 Å². The average Bonchev–Trinajstić information content (AvgIpc) is 2.58.